The highest BCUT2D eigenvalue weighted by Gasteiger charge is 2.45. The van der Waals surface area contributed by atoms with Crippen LogP contribution in [0.3, 0.4) is 0 Å². The van der Waals surface area contributed by atoms with E-state index < -0.39 is 15.6 Å². The highest BCUT2D eigenvalue weighted by Crippen LogP contribution is 2.30. The van der Waals surface area contributed by atoms with Crippen LogP contribution < -0.4 is 0 Å². The lowest BCUT2D eigenvalue weighted by molar-refractivity contribution is -0.0653. The van der Waals surface area contributed by atoms with E-state index in [2.05, 4.69) is 0 Å². The number of hydrogen-bond donors (Lipinski definition) is 1. The van der Waals surface area contributed by atoms with E-state index in [9.17, 15) is 13.5 Å². The van der Waals surface area contributed by atoms with Crippen molar-refractivity contribution < 1.29 is 13.5 Å². The Labute approximate surface area is 105 Å². The lowest BCUT2D eigenvalue weighted by Crippen LogP contribution is -2.63. The quantitative estimate of drug-likeness (QED) is 0.819. The van der Waals surface area contributed by atoms with Gasteiger partial charge in [-0.2, -0.15) is 4.31 Å². The van der Waals surface area contributed by atoms with Crippen LogP contribution in [-0.4, -0.2) is 42.3 Å². The van der Waals surface area contributed by atoms with E-state index in [1.807, 2.05) is 27.7 Å². The Morgan fingerprint density at radius 2 is 1.82 bits per heavy atom. The maximum atomic E-state index is 12.0. The van der Waals surface area contributed by atoms with Crippen molar-refractivity contribution in [1.29, 1.82) is 0 Å². The summed E-state index contributed by atoms with van der Waals surface area (Å²) in [7, 11) is -3.17. The van der Waals surface area contributed by atoms with Crippen molar-refractivity contribution in [2.24, 2.45) is 5.41 Å². The predicted octanol–water partition coefficient (Wildman–Crippen LogP) is 1.60. The largest absolute Gasteiger partial charge is 0.387 e. The summed E-state index contributed by atoms with van der Waals surface area (Å²) in [5, 5.41) is 9.97. The van der Waals surface area contributed by atoms with Gasteiger partial charge in [0, 0.05) is 13.1 Å². The summed E-state index contributed by atoms with van der Waals surface area (Å²) in [6.45, 7) is 8.64. The number of β-amino-alcohol motifs (C(OH)–C–C–N with tert-alkyl or cyclic N) is 1. The predicted molar refractivity (Wildman–Crippen MR) is 69.3 cm³/mol. The minimum absolute atomic E-state index is 0.0255. The van der Waals surface area contributed by atoms with Crippen molar-refractivity contribution in [2.75, 3.05) is 18.8 Å². The lowest BCUT2D eigenvalue weighted by Gasteiger charge is -2.45. The first-order chi connectivity index (χ1) is 7.58. The second-order valence-electron chi connectivity index (χ2n) is 6.37. The van der Waals surface area contributed by atoms with E-state index in [-0.39, 0.29) is 24.3 Å². The van der Waals surface area contributed by atoms with Crippen LogP contribution in [0, 0.1) is 5.41 Å². The summed E-state index contributed by atoms with van der Waals surface area (Å²) >= 11 is 0. The molecule has 0 radical (unpaired) electrons. The minimum atomic E-state index is -3.17. The second-order valence-corrected chi connectivity index (χ2v) is 8.46. The number of aliphatic hydroxyl groups is 1. The van der Waals surface area contributed by atoms with Gasteiger partial charge in [-0.05, 0) is 18.3 Å². The molecular weight excluding hydrogens is 238 g/mol. The molecule has 0 spiro atoms. The molecule has 0 bridgehead atoms. The molecule has 0 aliphatic carbocycles. The standard InChI is InChI=1S/C12H25NO3S/c1-5-6-12(14)9-13(10-12)17(15,16)8-7-11(2,3)4/h14H,5-10H2,1-4H3. The van der Waals surface area contributed by atoms with Crippen LogP contribution in [0.4, 0.5) is 0 Å². The van der Waals surface area contributed by atoms with Crippen molar-refractivity contribution >= 4 is 10.0 Å². The van der Waals surface area contributed by atoms with Crippen LogP contribution in [0.25, 0.3) is 0 Å². The molecule has 0 amide bonds. The zero-order chi connectivity index (χ0) is 13.3. The molecule has 0 saturated carbocycles. The van der Waals surface area contributed by atoms with E-state index in [1.54, 1.807) is 0 Å². The van der Waals surface area contributed by atoms with Crippen LogP contribution in [0.2, 0.25) is 0 Å². The van der Waals surface area contributed by atoms with Crippen molar-refractivity contribution in [3.8, 4) is 0 Å². The van der Waals surface area contributed by atoms with E-state index in [0.29, 0.717) is 12.8 Å². The third kappa shape index (κ3) is 4.23. The summed E-state index contributed by atoms with van der Waals surface area (Å²) < 4.78 is 25.3. The zero-order valence-corrected chi connectivity index (χ0v) is 12.2. The van der Waals surface area contributed by atoms with Gasteiger partial charge >= 0.3 is 0 Å². The number of hydrogen-bond acceptors (Lipinski definition) is 3. The van der Waals surface area contributed by atoms with Crippen molar-refractivity contribution in [2.45, 2.75) is 52.6 Å². The SMILES string of the molecule is CCCC1(O)CN(S(=O)(=O)CCC(C)(C)C)C1. The fourth-order valence-corrected chi connectivity index (χ4v) is 4.00. The van der Waals surface area contributed by atoms with Crippen molar-refractivity contribution in [3.05, 3.63) is 0 Å². The van der Waals surface area contributed by atoms with Crippen LogP contribution >= 0.6 is 0 Å². The smallest absolute Gasteiger partial charge is 0.214 e. The molecule has 1 saturated heterocycles. The normalized spacial score (nSPS) is 21.2. The first kappa shape index (κ1) is 14.9. The van der Waals surface area contributed by atoms with Gasteiger partial charge < -0.3 is 5.11 Å². The molecule has 4 nitrogen and oxygen atoms in total. The summed E-state index contributed by atoms with van der Waals surface area (Å²) in [6, 6.07) is 0. The number of rotatable bonds is 5. The molecule has 1 rings (SSSR count). The van der Waals surface area contributed by atoms with Gasteiger partial charge in [0.2, 0.25) is 10.0 Å². The summed E-state index contributed by atoms with van der Waals surface area (Å²) in [6.07, 6.45) is 2.21. The average molecular weight is 263 g/mol. The zero-order valence-electron chi connectivity index (χ0n) is 11.4. The molecule has 5 heteroatoms. The Morgan fingerprint density at radius 3 is 2.24 bits per heavy atom. The second kappa shape index (κ2) is 4.86. The van der Waals surface area contributed by atoms with E-state index >= 15 is 0 Å². The van der Waals surface area contributed by atoms with Crippen LogP contribution in [0.15, 0.2) is 0 Å². The van der Waals surface area contributed by atoms with Gasteiger partial charge in [-0.1, -0.05) is 34.1 Å². The Bertz CT molecular complexity index is 350. The fourth-order valence-electron chi connectivity index (χ4n) is 1.99. The lowest BCUT2D eigenvalue weighted by atomic mass is 9.92. The van der Waals surface area contributed by atoms with Crippen molar-refractivity contribution in [1.82, 2.24) is 4.31 Å². The Morgan fingerprint density at radius 1 is 1.29 bits per heavy atom. The molecule has 17 heavy (non-hydrogen) atoms. The number of sulfonamides is 1. The highest BCUT2D eigenvalue weighted by atomic mass is 32.2. The fraction of sp³-hybridized carbons (Fsp3) is 1.00. The molecule has 1 aliphatic rings. The molecule has 0 aromatic rings. The molecule has 102 valence electrons. The molecule has 0 unspecified atom stereocenters. The first-order valence-corrected chi connectivity index (χ1v) is 7.89. The van der Waals surface area contributed by atoms with Crippen molar-refractivity contribution in [3.63, 3.8) is 0 Å². The maximum Gasteiger partial charge on any atom is 0.214 e. The summed E-state index contributed by atoms with van der Waals surface area (Å²) in [5.74, 6) is 0.179. The van der Waals surface area contributed by atoms with Gasteiger partial charge in [0.15, 0.2) is 0 Å². The molecular formula is C12H25NO3S. The van der Waals surface area contributed by atoms with E-state index in [4.69, 9.17) is 0 Å². The van der Waals surface area contributed by atoms with Gasteiger partial charge in [-0.15, -0.1) is 0 Å². The van der Waals surface area contributed by atoms with Gasteiger partial charge in [0.25, 0.3) is 0 Å². The molecule has 1 heterocycles. The summed E-state index contributed by atoms with van der Waals surface area (Å²) in [5.41, 5.74) is -0.749. The third-order valence-electron chi connectivity index (χ3n) is 3.16. The third-order valence-corrected chi connectivity index (χ3v) is 4.93. The van der Waals surface area contributed by atoms with Gasteiger partial charge in [-0.25, -0.2) is 8.42 Å². The molecule has 1 aliphatic heterocycles. The monoisotopic (exact) mass is 263 g/mol. The molecule has 0 aromatic carbocycles. The van der Waals surface area contributed by atoms with Gasteiger partial charge in [0.05, 0.1) is 11.4 Å². The molecule has 1 fully saturated rings. The van der Waals surface area contributed by atoms with E-state index in [1.165, 1.54) is 4.31 Å². The van der Waals surface area contributed by atoms with Gasteiger partial charge in [0.1, 0.15) is 0 Å². The summed E-state index contributed by atoms with van der Waals surface area (Å²) in [4.78, 5) is 0. The Kier molecular flexibility index (Phi) is 4.27. The highest BCUT2D eigenvalue weighted by molar-refractivity contribution is 7.89. The average Bonchev–Trinajstić information content (AvgIpc) is 2.10. The minimum Gasteiger partial charge on any atom is -0.387 e. The topological polar surface area (TPSA) is 57.6 Å². The van der Waals surface area contributed by atoms with Crippen LogP contribution in [0.1, 0.15) is 47.0 Å². The van der Waals surface area contributed by atoms with Gasteiger partial charge in [-0.3, -0.25) is 0 Å². The van der Waals surface area contributed by atoms with Crippen LogP contribution in [-0.2, 0) is 10.0 Å². The van der Waals surface area contributed by atoms with Crippen LogP contribution in [0.5, 0.6) is 0 Å². The molecule has 0 aromatic heterocycles. The molecule has 0 atom stereocenters. The Hall–Kier alpha value is -0.130. The first-order valence-electron chi connectivity index (χ1n) is 6.28. The Balaban J connectivity index is 2.47. The molecule has 1 N–H and O–H groups in total. The number of nitrogens with zero attached hydrogens (tertiary/aromatic N) is 1. The van der Waals surface area contributed by atoms with E-state index in [0.717, 1.165) is 6.42 Å². The maximum absolute atomic E-state index is 12.0.